The number of benzene rings is 1. The molecule has 0 saturated carbocycles. The zero-order chi connectivity index (χ0) is 16.4. The van der Waals surface area contributed by atoms with Gasteiger partial charge in [-0.1, -0.05) is 11.6 Å². The van der Waals surface area contributed by atoms with E-state index in [4.69, 9.17) is 25.8 Å². The molecule has 0 amide bonds. The van der Waals surface area contributed by atoms with Gasteiger partial charge in [-0.25, -0.2) is 9.78 Å². The normalized spacial score (nSPS) is 13.1. The van der Waals surface area contributed by atoms with Crippen LogP contribution in [0.15, 0.2) is 24.5 Å². The van der Waals surface area contributed by atoms with Crippen molar-refractivity contribution in [2.24, 2.45) is 0 Å². The van der Waals surface area contributed by atoms with Crippen LogP contribution in [-0.4, -0.2) is 43.2 Å². The highest BCUT2D eigenvalue weighted by Gasteiger charge is 2.23. The summed E-state index contributed by atoms with van der Waals surface area (Å²) in [6.07, 6.45) is 1.39. The minimum Gasteiger partial charge on any atom is -0.483 e. The minimum atomic E-state index is -0.479. The predicted molar refractivity (Wildman–Crippen MR) is 83.7 cm³/mol. The first kappa shape index (κ1) is 15.4. The molecule has 2 heterocycles. The third kappa shape index (κ3) is 3.00. The number of nitrogens with zero attached hydrogens (tertiary/aromatic N) is 3. The maximum atomic E-state index is 11.6. The smallest absolute Gasteiger partial charge is 0.337 e. The second kappa shape index (κ2) is 6.29. The Labute approximate surface area is 137 Å². The molecular formula is C15H14ClN3O4. The largest absolute Gasteiger partial charge is 0.483 e. The highest BCUT2D eigenvalue weighted by Crippen LogP contribution is 2.39. The van der Waals surface area contributed by atoms with Crippen LogP contribution in [0.25, 0.3) is 0 Å². The van der Waals surface area contributed by atoms with Crippen molar-refractivity contribution in [3.8, 4) is 17.4 Å². The summed E-state index contributed by atoms with van der Waals surface area (Å²) in [7, 11) is 3.21. The molecule has 120 valence electrons. The number of halogens is 1. The fourth-order valence-electron chi connectivity index (χ4n) is 2.14. The number of anilines is 1. The van der Waals surface area contributed by atoms with E-state index in [-0.39, 0.29) is 11.6 Å². The van der Waals surface area contributed by atoms with Gasteiger partial charge in [0.05, 0.1) is 24.2 Å². The van der Waals surface area contributed by atoms with Crippen LogP contribution < -0.4 is 14.4 Å². The number of likely N-dealkylation sites (N-methyl/N-ethyl adjacent to an activating group) is 1. The Morgan fingerprint density at radius 2 is 2.22 bits per heavy atom. The summed E-state index contributed by atoms with van der Waals surface area (Å²) in [5.74, 6) is 1.13. The first-order chi connectivity index (χ1) is 11.1. The van der Waals surface area contributed by atoms with E-state index in [1.54, 1.807) is 12.1 Å². The molecule has 0 aliphatic carbocycles. The van der Waals surface area contributed by atoms with E-state index in [1.165, 1.54) is 19.5 Å². The highest BCUT2D eigenvalue weighted by atomic mass is 35.5. The molecule has 1 aliphatic heterocycles. The number of ether oxygens (including phenoxy) is 3. The van der Waals surface area contributed by atoms with Crippen molar-refractivity contribution in [3.63, 3.8) is 0 Å². The number of carbonyl (C=O) groups excluding carboxylic acids is 1. The van der Waals surface area contributed by atoms with Crippen LogP contribution in [-0.2, 0) is 4.74 Å². The average molecular weight is 336 g/mol. The Hall–Kier alpha value is -2.54. The molecule has 3 rings (SSSR count). The lowest BCUT2D eigenvalue weighted by Crippen LogP contribution is -2.30. The van der Waals surface area contributed by atoms with Gasteiger partial charge in [0.25, 0.3) is 5.88 Å². The number of esters is 1. The van der Waals surface area contributed by atoms with Crippen LogP contribution >= 0.6 is 11.6 Å². The molecule has 1 aliphatic rings. The molecule has 8 heteroatoms. The second-order valence-electron chi connectivity index (χ2n) is 4.84. The molecule has 7 nitrogen and oxygen atoms in total. The fourth-order valence-corrected chi connectivity index (χ4v) is 2.30. The molecule has 0 bridgehead atoms. The Morgan fingerprint density at radius 1 is 1.39 bits per heavy atom. The quantitative estimate of drug-likeness (QED) is 0.798. The summed E-state index contributed by atoms with van der Waals surface area (Å²) in [5.41, 5.74) is 0.327. The van der Waals surface area contributed by atoms with Crippen LogP contribution in [0.5, 0.6) is 17.4 Å². The van der Waals surface area contributed by atoms with Gasteiger partial charge < -0.3 is 19.1 Å². The monoisotopic (exact) mass is 335 g/mol. The van der Waals surface area contributed by atoms with E-state index in [9.17, 15) is 4.79 Å². The van der Waals surface area contributed by atoms with Crippen molar-refractivity contribution in [3.05, 3.63) is 35.1 Å². The van der Waals surface area contributed by atoms with Crippen molar-refractivity contribution in [1.82, 2.24) is 9.97 Å². The van der Waals surface area contributed by atoms with Crippen molar-refractivity contribution in [1.29, 1.82) is 0 Å². The molecule has 2 aromatic rings. The summed E-state index contributed by atoms with van der Waals surface area (Å²) in [4.78, 5) is 21.9. The van der Waals surface area contributed by atoms with Crippen LogP contribution in [0.4, 0.5) is 5.82 Å². The lowest BCUT2D eigenvalue weighted by molar-refractivity contribution is 0.0600. The molecule has 0 radical (unpaired) electrons. The molecule has 0 atom stereocenters. The fraction of sp³-hybridized carbons (Fsp3) is 0.267. The van der Waals surface area contributed by atoms with Crippen molar-refractivity contribution in [2.45, 2.75) is 0 Å². The second-order valence-corrected chi connectivity index (χ2v) is 5.25. The van der Waals surface area contributed by atoms with Crippen LogP contribution in [0.1, 0.15) is 10.4 Å². The summed E-state index contributed by atoms with van der Waals surface area (Å²) < 4.78 is 16.0. The lowest BCUT2D eigenvalue weighted by Gasteiger charge is -2.26. The lowest BCUT2D eigenvalue weighted by atomic mass is 10.2. The zero-order valence-corrected chi connectivity index (χ0v) is 13.3. The van der Waals surface area contributed by atoms with Crippen molar-refractivity contribution >= 4 is 23.4 Å². The van der Waals surface area contributed by atoms with E-state index in [0.717, 1.165) is 6.54 Å². The van der Waals surface area contributed by atoms with Gasteiger partial charge in [0.1, 0.15) is 18.7 Å². The molecule has 0 unspecified atom stereocenters. The van der Waals surface area contributed by atoms with Crippen molar-refractivity contribution in [2.75, 3.05) is 32.2 Å². The van der Waals surface area contributed by atoms with Gasteiger partial charge in [0, 0.05) is 7.05 Å². The van der Waals surface area contributed by atoms with Crippen LogP contribution in [0, 0.1) is 0 Å². The van der Waals surface area contributed by atoms with Gasteiger partial charge in [0.2, 0.25) is 5.75 Å². The highest BCUT2D eigenvalue weighted by molar-refractivity contribution is 6.32. The third-order valence-electron chi connectivity index (χ3n) is 3.35. The van der Waals surface area contributed by atoms with Crippen molar-refractivity contribution < 1.29 is 19.0 Å². The number of rotatable bonds is 3. The maximum absolute atomic E-state index is 11.6. The standard InChI is InChI=1S/C15H14ClN3O4/c1-19-5-6-22-12-13(19)17-8-18-14(12)23-11-7-9(15(20)21-2)3-4-10(11)16/h3-4,7-8H,5-6H2,1-2H3. The van der Waals surface area contributed by atoms with E-state index >= 15 is 0 Å². The van der Waals surface area contributed by atoms with Gasteiger partial charge in [-0.15, -0.1) is 0 Å². The molecule has 0 saturated heterocycles. The van der Waals surface area contributed by atoms with Crippen LogP contribution in [0.2, 0.25) is 5.02 Å². The zero-order valence-electron chi connectivity index (χ0n) is 12.6. The number of carbonyl (C=O) groups is 1. The Balaban J connectivity index is 1.97. The van der Waals surface area contributed by atoms with E-state index < -0.39 is 5.97 Å². The molecule has 23 heavy (non-hydrogen) atoms. The maximum Gasteiger partial charge on any atom is 0.337 e. The molecule has 0 fully saturated rings. The van der Waals surface area contributed by atoms with E-state index in [2.05, 4.69) is 9.97 Å². The van der Waals surface area contributed by atoms with Crippen LogP contribution in [0.3, 0.4) is 0 Å². The number of fused-ring (bicyclic) bond motifs is 1. The van der Waals surface area contributed by atoms with Gasteiger partial charge in [0.15, 0.2) is 5.82 Å². The van der Waals surface area contributed by atoms with Gasteiger partial charge in [-0.05, 0) is 18.2 Å². The summed E-state index contributed by atoms with van der Waals surface area (Å²) in [6, 6.07) is 4.61. The first-order valence-electron chi connectivity index (χ1n) is 6.85. The predicted octanol–water partition coefficient (Wildman–Crippen LogP) is 2.54. The molecule has 0 N–H and O–H groups in total. The number of hydrogen-bond acceptors (Lipinski definition) is 7. The third-order valence-corrected chi connectivity index (χ3v) is 3.66. The Bertz CT molecular complexity index is 753. The average Bonchev–Trinajstić information content (AvgIpc) is 2.57. The number of hydrogen-bond donors (Lipinski definition) is 0. The Morgan fingerprint density at radius 3 is 3.00 bits per heavy atom. The first-order valence-corrected chi connectivity index (χ1v) is 7.22. The minimum absolute atomic E-state index is 0.241. The van der Waals surface area contributed by atoms with E-state index in [0.29, 0.717) is 28.8 Å². The molecule has 0 spiro atoms. The topological polar surface area (TPSA) is 73.8 Å². The molecule has 1 aromatic carbocycles. The van der Waals surface area contributed by atoms with Gasteiger partial charge >= 0.3 is 5.97 Å². The molecule has 1 aromatic heterocycles. The summed E-state index contributed by atoms with van der Waals surface area (Å²) in [6.45, 7) is 1.23. The Kier molecular flexibility index (Phi) is 4.20. The molecular weight excluding hydrogens is 322 g/mol. The van der Waals surface area contributed by atoms with Gasteiger partial charge in [-0.2, -0.15) is 4.98 Å². The van der Waals surface area contributed by atoms with E-state index in [1.807, 2.05) is 11.9 Å². The summed E-state index contributed by atoms with van der Waals surface area (Å²) >= 11 is 6.13. The SMILES string of the molecule is COC(=O)c1ccc(Cl)c(Oc2ncnc3c2OCCN3C)c1. The summed E-state index contributed by atoms with van der Waals surface area (Å²) in [5, 5.41) is 0.342. The number of methoxy groups -OCH3 is 1. The van der Waals surface area contributed by atoms with Gasteiger partial charge in [-0.3, -0.25) is 0 Å². The number of aromatic nitrogens is 2.